The monoisotopic (exact) mass is 382 g/mol. The summed E-state index contributed by atoms with van der Waals surface area (Å²) in [7, 11) is 1.50. The largest absolute Gasteiger partial charge is 0.508 e. The summed E-state index contributed by atoms with van der Waals surface area (Å²) >= 11 is 6.07. The zero-order valence-corrected chi connectivity index (χ0v) is 14.7. The average molecular weight is 383 g/mol. The van der Waals surface area contributed by atoms with Gasteiger partial charge in [0.25, 0.3) is 0 Å². The lowest BCUT2D eigenvalue weighted by molar-refractivity contribution is -0.0756. The van der Waals surface area contributed by atoms with E-state index in [2.05, 4.69) is 0 Å². The highest BCUT2D eigenvalue weighted by Crippen LogP contribution is 2.39. The molecule has 1 aromatic heterocycles. The van der Waals surface area contributed by atoms with Crippen molar-refractivity contribution in [3.05, 3.63) is 57.1 Å². The van der Waals surface area contributed by atoms with Crippen molar-refractivity contribution in [3.8, 4) is 11.5 Å². The maximum atomic E-state index is 12.3. The summed E-state index contributed by atoms with van der Waals surface area (Å²) in [6.07, 6.45) is -3.90. The summed E-state index contributed by atoms with van der Waals surface area (Å²) < 4.78 is 10.6. The molecule has 0 unspecified atom stereocenters. The number of methoxy groups -OCH3 is 1. The number of hydrogen-bond donors (Lipinski definition) is 4. The number of ether oxygens (including phenoxy) is 1. The molecule has 8 heteroatoms. The van der Waals surface area contributed by atoms with E-state index in [9.17, 15) is 25.2 Å². The third-order valence-electron chi connectivity index (χ3n) is 4.52. The van der Waals surface area contributed by atoms with Crippen LogP contribution in [0.3, 0.4) is 0 Å². The summed E-state index contributed by atoms with van der Waals surface area (Å²) in [5.74, 6) is 0.843. The summed E-state index contributed by atoms with van der Waals surface area (Å²) in [6.45, 7) is 0. The van der Waals surface area contributed by atoms with Gasteiger partial charge in [-0.1, -0.05) is 6.07 Å². The molecule has 1 aliphatic carbocycles. The Morgan fingerprint density at radius 1 is 1.15 bits per heavy atom. The molecular weight excluding hydrogens is 364 g/mol. The molecule has 2 aromatic rings. The van der Waals surface area contributed by atoms with Gasteiger partial charge in [0.05, 0.1) is 12.7 Å². The second-order valence-electron chi connectivity index (χ2n) is 6.18. The molecule has 4 N–H and O–H groups in total. The number of benzene rings is 1. The van der Waals surface area contributed by atoms with Crippen LogP contribution in [0.1, 0.15) is 34.1 Å². The van der Waals surface area contributed by atoms with E-state index in [1.165, 1.54) is 19.2 Å². The van der Waals surface area contributed by atoms with Gasteiger partial charge in [-0.2, -0.15) is 0 Å². The van der Waals surface area contributed by atoms with Crippen LogP contribution in [-0.4, -0.2) is 39.7 Å². The van der Waals surface area contributed by atoms with Crippen molar-refractivity contribution in [1.29, 1.82) is 0 Å². The lowest BCUT2D eigenvalue weighted by atomic mass is 9.88. The van der Waals surface area contributed by atoms with Gasteiger partial charge in [-0.05, 0) is 18.1 Å². The Morgan fingerprint density at radius 3 is 2.54 bits per heavy atom. The minimum absolute atomic E-state index is 0.0431. The van der Waals surface area contributed by atoms with Gasteiger partial charge in [-0.25, -0.2) is 0 Å². The number of aromatic hydroxyl groups is 1. The van der Waals surface area contributed by atoms with Gasteiger partial charge in [0, 0.05) is 18.6 Å². The van der Waals surface area contributed by atoms with Crippen molar-refractivity contribution >= 4 is 11.6 Å². The van der Waals surface area contributed by atoms with E-state index in [-0.39, 0.29) is 17.1 Å². The SMILES string of the molecule is COc1ccc(CCc2cc(=O)c3c(o2)[C@H](Cl)[C@@H](O)[C@@H](O)[C@H]3O)c(O)c1. The maximum absolute atomic E-state index is 12.3. The Balaban J connectivity index is 1.87. The minimum Gasteiger partial charge on any atom is -0.508 e. The lowest BCUT2D eigenvalue weighted by Gasteiger charge is -2.32. The molecule has 0 fully saturated rings. The number of aliphatic hydroxyl groups is 3. The molecule has 0 bridgehead atoms. The fourth-order valence-corrected chi connectivity index (χ4v) is 3.33. The van der Waals surface area contributed by atoms with E-state index in [4.69, 9.17) is 20.8 Å². The number of phenolic OH excluding ortho intramolecular Hbond substituents is 1. The zero-order chi connectivity index (χ0) is 19.0. The molecule has 4 atom stereocenters. The highest BCUT2D eigenvalue weighted by Gasteiger charge is 2.43. The molecule has 26 heavy (non-hydrogen) atoms. The minimum atomic E-state index is -1.56. The van der Waals surface area contributed by atoms with Gasteiger partial charge in [-0.3, -0.25) is 4.79 Å². The predicted octanol–water partition coefficient (Wildman–Crippen LogP) is 1.19. The molecule has 140 valence electrons. The number of hydrogen-bond acceptors (Lipinski definition) is 7. The Morgan fingerprint density at radius 2 is 1.88 bits per heavy atom. The topological polar surface area (TPSA) is 120 Å². The first-order valence-corrected chi connectivity index (χ1v) is 8.48. The van der Waals surface area contributed by atoms with Gasteiger partial charge < -0.3 is 29.6 Å². The molecule has 7 nitrogen and oxygen atoms in total. The molecule has 1 aromatic carbocycles. The molecule has 0 radical (unpaired) electrons. The maximum Gasteiger partial charge on any atom is 0.191 e. The number of rotatable bonds is 4. The third-order valence-corrected chi connectivity index (χ3v) is 4.97. The van der Waals surface area contributed by atoms with Gasteiger partial charge in [-0.15, -0.1) is 11.6 Å². The van der Waals surface area contributed by atoms with Crippen LogP contribution in [-0.2, 0) is 12.8 Å². The molecular formula is C18H19ClO7. The van der Waals surface area contributed by atoms with Crippen LogP contribution in [0.4, 0.5) is 0 Å². The van der Waals surface area contributed by atoms with E-state index in [1.807, 2.05) is 0 Å². The van der Waals surface area contributed by atoms with Gasteiger partial charge >= 0.3 is 0 Å². The van der Waals surface area contributed by atoms with Crippen molar-refractivity contribution in [2.45, 2.75) is 36.5 Å². The van der Waals surface area contributed by atoms with Crippen LogP contribution in [0.2, 0.25) is 0 Å². The van der Waals surface area contributed by atoms with E-state index >= 15 is 0 Å². The van der Waals surface area contributed by atoms with Gasteiger partial charge in [0.2, 0.25) is 0 Å². The van der Waals surface area contributed by atoms with Crippen molar-refractivity contribution < 1.29 is 29.6 Å². The van der Waals surface area contributed by atoms with Crippen LogP contribution >= 0.6 is 11.6 Å². The first kappa shape index (κ1) is 18.7. The molecule has 0 aliphatic heterocycles. The van der Waals surface area contributed by atoms with Gasteiger partial charge in [0.1, 0.15) is 46.7 Å². The van der Waals surface area contributed by atoms with Crippen molar-refractivity contribution in [2.24, 2.45) is 0 Å². The summed E-state index contributed by atoms with van der Waals surface area (Å²) in [5, 5.41) is 38.5. The highest BCUT2D eigenvalue weighted by atomic mass is 35.5. The fraction of sp³-hybridized carbons (Fsp3) is 0.389. The molecule has 1 aliphatic rings. The number of aryl methyl sites for hydroxylation is 2. The Labute approximate surface area is 154 Å². The highest BCUT2D eigenvalue weighted by molar-refractivity contribution is 6.21. The fourth-order valence-electron chi connectivity index (χ4n) is 3.02. The normalized spacial score (nSPS) is 25.0. The van der Waals surface area contributed by atoms with Crippen molar-refractivity contribution in [1.82, 2.24) is 0 Å². The smallest absolute Gasteiger partial charge is 0.191 e. The van der Waals surface area contributed by atoms with Crippen LogP contribution in [0, 0.1) is 0 Å². The molecule has 0 spiro atoms. The van der Waals surface area contributed by atoms with E-state index in [1.54, 1.807) is 12.1 Å². The molecule has 0 amide bonds. The van der Waals surface area contributed by atoms with Gasteiger partial charge in [0.15, 0.2) is 5.43 Å². The van der Waals surface area contributed by atoms with Crippen LogP contribution in [0.25, 0.3) is 0 Å². The van der Waals surface area contributed by atoms with E-state index < -0.39 is 29.1 Å². The number of halogens is 1. The summed E-state index contributed by atoms with van der Waals surface area (Å²) in [5.41, 5.74) is -0.0211. The predicted molar refractivity (Wildman–Crippen MR) is 92.6 cm³/mol. The number of alkyl halides is 1. The number of fused-ring (bicyclic) bond motifs is 1. The third kappa shape index (κ3) is 3.31. The Hall–Kier alpha value is -2.06. The standard InChI is InChI=1S/C18H19ClO7/c1-25-9-4-2-8(11(20)6-9)3-5-10-7-12(21)13-15(22)17(24)16(23)14(19)18(13)26-10/h2,4,6-7,14-17,20,22-24H,3,5H2,1H3/t14-,15+,16-,17+/m1/s1. The second-order valence-corrected chi connectivity index (χ2v) is 6.65. The lowest BCUT2D eigenvalue weighted by Crippen LogP contribution is -2.42. The average Bonchev–Trinajstić information content (AvgIpc) is 2.63. The molecule has 0 saturated heterocycles. The zero-order valence-electron chi connectivity index (χ0n) is 13.9. The second kappa shape index (κ2) is 7.28. The Kier molecular flexibility index (Phi) is 5.24. The van der Waals surface area contributed by atoms with Crippen LogP contribution in [0.5, 0.6) is 11.5 Å². The van der Waals surface area contributed by atoms with Crippen molar-refractivity contribution in [2.75, 3.05) is 7.11 Å². The molecule has 3 rings (SSSR count). The van der Waals surface area contributed by atoms with Crippen molar-refractivity contribution in [3.63, 3.8) is 0 Å². The summed E-state index contributed by atoms with van der Waals surface area (Å²) in [6, 6.07) is 6.12. The molecule has 0 saturated carbocycles. The van der Waals surface area contributed by atoms with Crippen LogP contribution < -0.4 is 10.2 Å². The number of phenols is 1. The molecule has 1 heterocycles. The quantitative estimate of drug-likeness (QED) is 0.586. The Bertz CT molecular complexity index is 863. The first-order chi connectivity index (χ1) is 12.3. The number of aliphatic hydroxyl groups excluding tert-OH is 3. The van der Waals surface area contributed by atoms with E-state index in [0.717, 1.165) is 0 Å². The first-order valence-electron chi connectivity index (χ1n) is 8.04. The van der Waals surface area contributed by atoms with Crippen LogP contribution in [0.15, 0.2) is 33.5 Å². The van der Waals surface area contributed by atoms with E-state index in [0.29, 0.717) is 29.9 Å². The summed E-state index contributed by atoms with van der Waals surface area (Å²) in [4.78, 5) is 12.3.